The zero-order valence-corrected chi connectivity index (χ0v) is 19.2. The monoisotopic (exact) mass is 467 g/mol. The van der Waals surface area contributed by atoms with Gasteiger partial charge in [-0.15, -0.1) is 0 Å². The van der Waals surface area contributed by atoms with Crippen molar-refractivity contribution in [1.29, 1.82) is 0 Å². The number of fused-ring (bicyclic) bond motifs is 1. The first-order valence-electron chi connectivity index (χ1n) is 9.74. The van der Waals surface area contributed by atoms with Crippen LogP contribution in [0.5, 0.6) is 5.75 Å². The topological polar surface area (TPSA) is 132 Å². The van der Waals surface area contributed by atoms with E-state index in [4.69, 9.17) is 14.2 Å². The van der Waals surface area contributed by atoms with Gasteiger partial charge in [0.15, 0.2) is 20.6 Å². The zero-order chi connectivity index (χ0) is 23.8. The van der Waals surface area contributed by atoms with Crippen LogP contribution in [0, 0.1) is 5.92 Å². The van der Waals surface area contributed by atoms with Crippen molar-refractivity contribution in [3.05, 3.63) is 24.3 Å². The molecule has 32 heavy (non-hydrogen) atoms. The Bertz CT molecular complexity index is 1060. The van der Waals surface area contributed by atoms with E-state index in [1.54, 1.807) is 24.3 Å². The van der Waals surface area contributed by atoms with Crippen LogP contribution in [0.4, 0.5) is 5.69 Å². The molecule has 2 heterocycles. The first kappa shape index (κ1) is 23.5. The number of nitrogens with zero attached hydrogens (tertiary/aromatic N) is 3. The summed E-state index contributed by atoms with van der Waals surface area (Å²) in [5, 5.41) is 4.84. The maximum absolute atomic E-state index is 13.6. The number of methoxy groups -OCH3 is 3. The number of esters is 2. The number of benzene rings is 1. The fourth-order valence-electron chi connectivity index (χ4n) is 4.48. The lowest BCUT2D eigenvalue weighted by molar-refractivity contribution is -0.147. The summed E-state index contributed by atoms with van der Waals surface area (Å²) in [6, 6.07) is 3.28. The van der Waals surface area contributed by atoms with Crippen LogP contribution in [0.25, 0.3) is 0 Å². The number of carbonyl (C=O) groups excluding carboxylic acids is 3. The molecule has 1 fully saturated rings. The second-order valence-electron chi connectivity index (χ2n) is 7.31. The molecular formula is C20H25N3O8S. The van der Waals surface area contributed by atoms with Crippen molar-refractivity contribution in [3.8, 4) is 5.75 Å². The van der Waals surface area contributed by atoms with E-state index < -0.39 is 56.2 Å². The van der Waals surface area contributed by atoms with Crippen molar-refractivity contribution in [2.24, 2.45) is 11.0 Å². The van der Waals surface area contributed by atoms with Gasteiger partial charge < -0.3 is 19.1 Å². The highest BCUT2D eigenvalue weighted by Gasteiger charge is 2.75. The Morgan fingerprint density at radius 2 is 1.69 bits per heavy atom. The number of hydrogen-bond acceptors (Lipinski definition) is 10. The lowest BCUT2D eigenvalue weighted by Gasteiger charge is -2.39. The van der Waals surface area contributed by atoms with Gasteiger partial charge in [0.1, 0.15) is 11.8 Å². The van der Waals surface area contributed by atoms with E-state index >= 15 is 0 Å². The number of sulfone groups is 1. The predicted octanol–water partition coefficient (Wildman–Crippen LogP) is -0.154. The highest BCUT2D eigenvalue weighted by molar-refractivity contribution is 7.93. The molecule has 1 amide bonds. The Balaban J connectivity index is 2.41. The van der Waals surface area contributed by atoms with Gasteiger partial charge in [-0.1, -0.05) is 6.92 Å². The molecule has 0 N–H and O–H groups in total. The van der Waals surface area contributed by atoms with E-state index in [1.807, 2.05) is 0 Å². The van der Waals surface area contributed by atoms with Crippen molar-refractivity contribution in [2.75, 3.05) is 39.0 Å². The van der Waals surface area contributed by atoms with Crippen molar-refractivity contribution in [1.82, 2.24) is 5.01 Å². The Kier molecular flexibility index (Phi) is 6.18. The fraction of sp³-hybridized carbons (Fsp3) is 0.500. The molecule has 1 saturated heterocycles. The van der Waals surface area contributed by atoms with Crippen LogP contribution in [0.1, 0.15) is 6.92 Å². The molecule has 4 atom stereocenters. The van der Waals surface area contributed by atoms with Crippen LogP contribution in [-0.4, -0.2) is 88.4 Å². The molecular weight excluding hydrogens is 442 g/mol. The average molecular weight is 468 g/mol. The van der Waals surface area contributed by atoms with Gasteiger partial charge in [0.05, 0.1) is 27.2 Å². The van der Waals surface area contributed by atoms with Crippen molar-refractivity contribution in [3.63, 3.8) is 0 Å². The van der Waals surface area contributed by atoms with Gasteiger partial charge in [0, 0.05) is 24.7 Å². The van der Waals surface area contributed by atoms with Gasteiger partial charge in [-0.2, -0.15) is 5.10 Å². The molecule has 0 spiro atoms. The third kappa shape index (κ3) is 3.12. The van der Waals surface area contributed by atoms with E-state index in [0.29, 0.717) is 11.4 Å². The molecule has 0 aliphatic carbocycles. The maximum atomic E-state index is 13.6. The summed E-state index contributed by atoms with van der Waals surface area (Å²) in [5.74, 6) is -3.97. The Labute approximate surface area is 185 Å². The van der Waals surface area contributed by atoms with Gasteiger partial charge in [0.25, 0.3) is 5.91 Å². The Morgan fingerprint density at radius 3 is 2.19 bits per heavy atom. The largest absolute Gasteiger partial charge is 0.497 e. The summed E-state index contributed by atoms with van der Waals surface area (Å²) in [5.41, 5.74) is 0.306. The Hall–Kier alpha value is -3.15. The normalized spacial score (nSPS) is 27.2. The van der Waals surface area contributed by atoms with E-state index in [0.717, 1.165) is 19.2 Å². The standard InChI is InChI=1S/C20H25N3O8S/c1-6-32(27,28)20-14(11-21-22(2)19(20)26)15(17(24)30-4)23(16(20)18(25)31-5)12-7-9-13(29-3)10-8-12/h7-11,14-16H,6H2,1-5H3/t14-,15?,16?,20+/m1/s1. The van der Waals surface area contributed by atoms with Crippen LogP contribution in [-0.2, 0) is 33.7 Å². The first-order valence-corrected chi connectivity index (χ1v) is 11.4. The molecule has 3 rings (SSSR count). The third-order valence-electron chi connectivity index (χ3n) is 5.98. The first-order chi connectivity index (χ1) is 15.1. The SMILES string of the molecule is CCS(=O)(=O)[C@@]12C(=O)N(C)N=C[C@@H]1C(C(=O)OC)N(c1ccc(OC)cc1)C2C(=O)OC. The third-order valence-corrected chi connectivity index (χ3v) is 8.44. The zero-order valence-electron chi connectivity index (χ0n) is 18.3. The molecule has 12 heteroatoms. The van der Waals surface area contributed by atoms with Crippen molar-refractivity contribution < 1.29 is 37.0 Å². The second kappa shape index (κ2) is 8.41. The minimum Gasteiger partial charge on any atom is -0.497 e. The lowest BCUT2D eigenvalue weighted by Crippen LogP contribution is -2.67. The molecule has 0 aromatic heterocycles. The van der Waals surface area contributed by atoms with Crippen LogP contribution in [0.3, 0.4) is 0 Å². The molecule has 174 valence electrons. The summed E-state index contributed by atoms with van der Waals surface area (Å²) < 4.78 is 39.9. The maximum Gasteiger partial charge on any atom is 0.330 e. The molecule has 2 aliphatic rings. The second-order valence-corrected chi connectivity index (χ2v) is 9.80. The highest BCUT2D eigenvalue weighted by Crippen LogP contribution is 2.49. The molecule has 0 bridgehead atoms. The van der Waals surface area contributed by atoms with E-state index in [1.165, 1.54) is 32.2 Å². The molecule has 11 nitrogen and oxygen atoms in total. The van der Waals surface area contributed by atoms with Crippen molar-refractivity contribution >= 4 is 39.6 Å². The number of amides is 1. The molecule has 0 radical (unpaired) electrons. The average Bonchev–Trinajstić information content (AvgIpc) is 3.13. The number of hydrazone groups is 1. The number of hydrogen-bond donors (Lipinski definition) is 0. The minimum atomic E-state index is -4.29. The quantitative estimate of drug-likeness (QED) is 0.524. The van der Waals surface area contributed by atoms with Gasteiger partial charge in [0.2, 0.25) is 0 Å². The summed E-state index contributed by atoms with van der Waals surface area (Å²) in [7, 11) is 0.706. The molecule has 2 unspecified atom stereocenters. The van der Waals surface area contributed by atoms with Gasteiger partial charge >= 0.3 is 11.9 Å². The predicted molar refractivity (Wildman–Crippen MR) is 114 cm³/mol. The van der Waals surface area contributed by atoms with E-state index in [2.05, 4.69) is 5.10 Å². The van der Waals surface area contributed by atoms with Crippen LogP contribution >= 0.6 is 0 Å². The van der Waals surface area contributed by atoms with E-state index in [-0.39, 0.29) is 0 Å². The molecule has 1 aromatic carbocycles. The lowest BCUT2D eigenvalue weighted by atomic mass is 9.84. The number of carbonyl (C=O) groups is 3. The summed E-state index contributed by atoms with van der Waals surface area (Å²) in [6.45, 7) is 1.37. The number of ether oxygens (including phenoxy) is 3. The van der Waals surface area contributed by atoms with Crippen LogP contribution in [0.15, 0.2) is 29.4 Å². The highest BCUT2D eigenvalue weighted by atomic mass is 32.2. The van der Waals surface area contributed by atoms with E-state index in [9.17, 15) is 22.8 Å². The molecule has 1 aromatic rings. The minimum absolute atomic E-state index is 0.306. The number of rotatable bonds is 6. The van der Waals surface area contributed by atoms with Crippen LogP contribution < -0.4 is 9.64 Å². The van der Waals surface area contributed by atoms with Crippen molar-refractivity contribution in [2.45, 2.75) is 23.8 Å². The molecule has 2 aliphatic heterocycles. The summed E-state index contributed by atoms with van der Waals surface area (Å²) in [6.07, 6.45) is 1.22. The van der Waals surface area contributed by atoms with Gasteiger partial charge in [-0.25, -0.2) is 23.0 Å². The Morgan fingerprint density at radius 1 is 1.09 bits per heavy atom. The number of anilines is 1. The fourth-order valence-corrected chi connectivity index (χ4v) is 6.51. The van der Waals surface area contributed by atoms with Gasteiger partial charge in [-0.05, 0) is 24.3 Å². The summed E-state index contributed by atoms with van der Waals surface area (Å²) >= 11 is 0. The summed E-state index contributed by atoms with van der Waals surface area (Å²) in [4.78, 5) is 40.9. The van der Waals surface area contributed by atoms with Crippen LogP contribution in [0.2, 0.25) is 0 Å². The van der Waals surface area contributed by atoms with Gasteiger partial charge in [-0.3, -0.25) is 4.79 Å². The molecule has 0 saturated carbocycles. The smallest absolute Gasteiger partial charge is 0.330 e.